The third kappa shape index (κ3) is 4.74. The Balaban J connectivity index is 1.93. The van der Waals surface area contributed by atoms with Crippen molar-refractivity contribution < 1.29 is 19.4 Å². The van der Waals surface area contributed by atoms with Gasteiger partial charge in [-0.15, -0.1) is 0 Å². The van der Waals surface area contributed by atoms with Gasteiger partial charge in [-0.05, 0) is 46.7 Å². The van der Waals surface area contributed by atoms with E-state index < -0.39 is 18.0 Å². The second kappa shape index (κ2) is 7.76. The maximum atomic E-state index is 12.9. The molecule has 1 unspecified atom stereocenters. The van der Waals surface area contributed by atoms with E-state index in [9.17, 15) is 14.7 Å². The van der Waals surface area contributed by atoms with Crippen molar-refractivity contribution in [3.8, 4) is 5.75 Å². The van der Waals surface area contributed by atoms with Crippen molar-refractivity contribution in [2.45, 2.75) is 58.5 Å². The number of phenols is 1. The number of nitrogens with one attached hydrogen (secondary N) is 1. The number of amides is 1. The number of carbonyl (C=O) groups excluding carboxylic acids is 2. The normalized spacial score (nSPS) is 16.6. The Morgan fingerprint density at radius 1 is 1.00 bits per heavy atom. The fraction of sp³-hybridized carbons (Fsp3) is 0.360. The Morgan fingerprint density at radius 3 is 2.00 bits per heavy atom. The number of hydrogen-bond donors (Lipinski definition) is 3. The summed E-state index contributed by atoms with van der Waals surface area (Å²) in [4.78, 5) is 25.2. The average Bonchev–Trinajstić information content (AvgIpc) is 3.03. The smallest absolute Gasteiger partial charge is 0.344 e. The minimum atomic E-state index is -0.676. The fourth-order valence-electron chi connectivity index (χ4n) is 3.50. The van der Waals surface area contributed by atoms with Crippen molar-refractivity contribution >= 4 is 23.3 Å². The quantitative estimate of drug-likeness (QED) is 0.287. The molecule has 2 aromatic rings. The standard InChI is InChI=1S/C25H30N2O4/c1-24(2,3)18-11-16(12-19(21(18)28)25(4,5)6)27-22(29)17-13-20(31-23(17)30)14-7-9-15(26)10-8-14/h7-13,20,28H,26H2,1-6H3,(H,27,29). The zero-order valence-corrected chi connectivity index (χ0v) is 18.9. The number of esters is 1. The summed E-state index contributed by atoms with van der Waals surface area (Å²) in [6, 6.07) is 10.5. The lowest BCUT2D eigenvalue weighted by Crippen LogP contribution is -2.21. The van der Waals surface area contributed by atoms with Crippen LogP contribution in [0.1, 0.15) is 64.3 Å². The van der Waals surface area contributed by atoms with E-state index in [2.05, 4.69) is 5.32 Å². The van der Waals surface area contributed by atoms with Gasteiger partial charge in [0.2, 0.25) is 0 Å². The third-order valence-corrected chi connectivity index (χ3v) is 5.27. The van der Waals surface area contributed by atoms with E-state index in [0.29, 0.717) is 11.4 Å². The summed E-state index contributed by atoms with van der Waals surface area (Å²) in [6.07, 6.45) is 0.878. The number of rotatable bonds is 3. The second-order valence-electron chi connectivity index (χ2n) is 9.95. The molecule has 0 bridgehead atoms. The lowest BCUT2D eigenvalue weighted by molar-refractivity contribution is -0.140. The van der Waals surface area contributed by atoms with Gasteiger partial charge >= 0.3 is 5.97 Å². The molecule has 4 N–H and O–H groups in total. The molecule has 0 aromatic heterocycles. The van der Waals surface area contributed by atoms with Crippen molar-refractivity contribution in [1.82, 2.24) is 0 Å². The largest absolute Gasteiger partial charge is 0.507 e. The number of aromatic hydroxyl groups is 1. The Bertz CT molecular complexity index is 1020. The van der Waals surface area contributed by atoms with Crippen molar-refractivity contribution in [2.75, 3.05) is 11.1 Å². The number of benzene rings is 2. The summed E-state index contributed by atoms with van der Waals surface area (Å²) in [5, 5.41) is 13.7. The van der Waals surface area contributed by atoms with Gasteiger partial charge in [0.15, 0.2) is 0 Å². The van der Waals surface area contributed by atoms with Crippen LogP contribution in [0.5, 0.6) is 5.75 Å². The zero-order chi connectivity index (χ0) is 23.1. The van der Waals surface area contributed by atoms with Gasteiger partial charge < -0.3 is 20.9 Å². The number of nitrogen functional groups attached to an aromatic ring is 1. The molecule has 0 radical (unpaired) electrons. The number of anilines is 2. The number of carbonyl (C=O) groups is 2. The SMILES string of the molecule is CC(C)(C)c1cc(NC(=O)C2=CC(c3ccc(N)cc3)OC2=O)cc(C(C)(C)C)c1O. The van der Waals surface area contributed by atoms with Crippen LogP contribution >= 0.6 is 0 Å². The molecule has 0 saturated heterocycles. The Hall–Kier alpha value is -3.28. The highest BCUT2D eigenvalue weighted by Gasteiger charge is 2.32. The summed E-state index contributed by atoms with van der Waals surface area (Å²) in [6.45, 7) is 12.0. The molecule has 0 fully saturated rings. The van der Waals surface area contributed by atoms with Crippen LogP contribution in [0.4, 0.5) is 11.4 Å². The van der Waals surface area contributed by atoms with Crippen LogP contribution in [-0.4, -0.2) is 17.0 Å². The molecule has 6 heteroatoms. The Morgan fingerprint density at radius 2 is 1.52 bits per heavy atom. The maximum Gasteiger partial charge on any atom is 0.344 e. The lowest BCUT2D eigenvalue weighted by atomic mass is 9.79. The van der Waals surface area contributed by atoms with Gasteiger partial charge in [0.25, 0.3) is 5.91 Å². The summed E-state index contributed by atoms with van der Waals surface area (Å²) < 4.78 is 5.36. The molecular formula is C25H30N2O4. The number of phenolic OH excluding ortho intramolecular Hbond substituents is 1. The molecule has 0 spiro atoms. The molecule has 0 aliphatic carbocycles. The van der Waals surface area contributed by atoms with Gasteiger partial charge in [0.05, 0.1) is 0 Å². The number of cyclic esters (lactones) is 1. The van der Waals surface area contributed by atoms with E-state index in [4.69, 9.17) is 10.5 Å². The van der Waals surface area contributed by atoms with Crippen molar-refractivity contribution in [3.05, 3.63) is 64.7 Å². The molecular weight excluding hydrogens is 392 g/mol. The van der Waals surface area contributed by atoms with Gasteiger partial charge in [-0.1, -0.05) is 53.7 Å². The second-order valence-corrected chi connectivity index (χ2v) is 9.95. The van der Waals surface area contributed by atoms with E-state index in [0.717, 1.165) is 16.7 Å². The molecule has 1 heterocycles. The van der Waals surface area contributed by atoms with Crippen LogP contribution < -0.4 is 11.1 Å². The number of nitrogens with two attached hydrogens (primary N) is 1. The lowest BCUT2D eigenvalue weighted by Gasteiger charge is -2.28. The summed E-state index contributed by atoms with van der Waals surface area (Å²) in [5.74, 6) is -1.00. The molecule has 31 heavy (non-hydrogen) atoms. The Kier molecular flexibility index (Phi) is 5.61. The first-order valence-electron chi connectivity index (χ1n) is 10.2. The molecule has 164 valence electrons. The van der Waals surface area contributed by atoms with Crippen LogP contribution in [0.2, 0.25) is 0 Å². The molecule has 1 amide bonds. The number of hydrogen-bond acceptors (Lipinski definition) is 5. The first kappa shape index (κ1) is 22.4. The first-order valence-corrected chi connectivity index (χ1v) is 10.2. The van der Waals surface area contributed by atoms with Crippen LogP contribution in [0.15, 0.2) is 48.0 Å². The van der Waals surface area contributed by atoms with E-state index in [1.165, 1.54) is 6.08 Å². The Labute approximate surface area is 183 Å². The van der Waals surface area contributed by atoms with Gasteiger partial charge in [-0.25, -0.2) is 4.79 Å². The van der Waals surface area contributed by atoms with Crippen LogP contribution in [0.3, 0.4) is 0 Å². The highest BCUT2D eigenvalue weighted by Crippen LogP contribution is 2.41. The maximum absolute atomic E-state index is 12.9. The highest BCUT2D eigenvalue weighted by atomic mass is 16.5. The number of ether oxygens (including phenoxy) is 1. The third-order valence-electron chi connectivity index (χ3n) is 5.27. The van der Waals surface area contributed by atoms with Crippen molar-refractivity contribution in [1.29, 1.82) is 0 Å². The van der Waals surface area contributed by atoms with E-state index in [1.807, 2.05) is 41.5 Å². The van der Waals surface area contributed by atoms with Gasteiger partial charge in [-0.2, -0.15) is 0 Å². The predicted octanol–water partition coefficient (Wildman–Crippen LogP) is 4.73. The van der Waals surface area contributed by atoms with Gasteiger partial charge in [0.1, 0.15) is 17.4 Å². The van der Waals surface area contributed by atoms with Gasteiger partial charge in [-0.3, -0.25) is 4.79 Å². The zero-order valence-electron chi connectivity index (χ0n) is 18.9. The first-order chi connectivity index (χ1) is 14.3. The highest BCUT2D eigenvalue weighted by molar-refractivity contribution is 6.22. The average molecular weight is 423 g/mol. The van der Waals surface area contributed by atoms with Gasteiger partial charge in [0, 0.05) is 22.5 Å². The monoisotopic (exact) mass is 422 g/mol. The van der Waals surface area contributed by atoms with Crippen LogP contribution in [0.25, 0.3) is 0 Å². The molecule has 6 nitrogen and oxygen atoms in total. The van der Waals surface area contributed by atoms with Crippen molar-refractivity contribution in [3.63, 3.8) is 0 Å². The van der Waals surface area contributed by atoms with Crippen LogP contribution in [0, 0.1) is 0 Å². The molecule has 1 aliphatic heterocycles. The molecule has 1 aliphatic rings. The fourth-order valence-corrected chi connectivity index (χ4v) is 3.50. The van der Waals surface area contributed by atoms with E-state index >= 15 is 0 Å². The summed E-state index contributed by atoms with van der Waals surface area (Å²) >= 11 is 0. The molecule has 3 rings (SSSR count). The minimum Gasteiger partial charge on any atom is -0.507 e. The topological polar surface area (TPSA) is 102 Å². The predicted molar refractivity (Wildman–Crippen MR) is 122 cm³/mol. The van der Waals surface area contributed by atoms with E-state index in [-0.39, 0.29) is 22.2 Å². The van der Waals surface area contributed by atoms with E-state index in [1.54, 1.807) is 36.4 Å². The molecule has 1 atom stereocenters. The minimum absolute atomic E-state index is 0.0514. The summed E-state index contributed by atoms with van der Waals surface area (Å²) in [5.41, 5.74) is 8.28. The molecule has 0 saturated carbocycles. The van der Waals surface area contributed by atoms with Crippen LogP contribution in [-0.2, 0) is 25.2 Å². The summed E-state index contributed by atoms with van der Waals surface area (Å²) in [7, 11) is 0. The van der Waals surface area contributed by atoms with Crippen molar-refractivity contribution in [2.24, 2.45) is 0 Å². The molecule has 2 aromatic carbocycles.